The summed E-state index contributed by atoms with van der Waals surface area (Å²) in [6.07, 6.45) is 9.09. The molecule has 28 heavy (non-hydrogen) atoms. The first-order valence-electron chi connectivity index (χ1n) is 9.91. The number of hydrogen-bond donors (Lipinski definition) is 0. The van der Waals surface area contributed by atoms with E-state index in [0.717, 1.165) is 61.6 Å². The second-order valence-corrected chi connectivity index (χ2v) is 7.62. The Kier molecular flexibility index (Phi) is 4.83. The molecule has 0 spiro atoms. The number of nitrogens with zero attached hydrogens (tertiary/aromatic N) is 4. The van der Waals surface area contributed by atoms with Crippen molar-refractivity contribution >= 4 is 11.6 Å². The van der Waals surface area contributed by atoms with Gasteiger partial charge in [0.15, 0.2) is 0 Å². The molecule has 7 heteroatoms. The third kappa shape index (κ3) is 3.25. The Balaban J connectivity index is 1.74. The highest BCUT2D eigenvalue weighted by Gasteiger charge is 2.22. The monoisotopic (exact) mass is 382 g/mol. The summed E-state index contributed by atoms with van der Waals surface area (Å²) in [5, 5.41) is 0. The van der Waals surface area contributed by atoms with E-state index in [0.29, 0.717) is 5.69 Å². The van der Waals surface area contributed by atoms with Gasteiger partial charge in [-0.2, -0.15) is 0 Å². The number of imidazole rings is 1. The lowest BCUT2D eigenvalue weighted by molar-refractivity contribution is 0.0737. The van der Waals surface area contributed by atoms with E-state index < -0.39 is 0 Å². The van der Waals surface area contributed by atoms with Crippen molar-refractivity contribution in [2.75, 3.05) is 13.1 Å². The van der Waals surface area contributed by atoms with E-state index in [-0.39, 0.29) is 17.1 Å². The molecule has 0 unspecified atom stereocenters. The first kappa shape index (κ1) is 18.5. The third-order valence-corrected chi connectivity index (χ3v) is 5.53. The zero-order chi connectivity index (χ0) is 19.8. The SMILES string of the molecule is Cc1cc(-c2cn3cc(C(=O)N4CCCCCCC4)nc3c(=O)n2C)c(C)o1. The van der Waals surface area contributed by atoms with Crippen LogP contribution < -0.4 is 5.56 Å². The molecule has 1 fully saturated rings. The number of furan rings is 1. The summed E-state index contributed by atoms with van der Waals surface area (Å²) in [5.41, 5.74) is 1.95. The van der Waals surface area contributed by atoms with Crippen LogP contribution in [0.5, 0.6) is 0 Å². The zero-order valence-electron chi connectivity index (χ0n) is 16.7. The molecular weight excluding hydrogens is 356 g/mol. The Morgan fingerprint density at radius 2 is 1.75 bits per heavy atom. The average molecular weight is 382 g/mol. The number of hydrogen-bond acceptors (Lipinski definition) is 4. The van der Waals surface area contributed by atoms with Gasteiger partial charge in [0.05, 0.1) is 5.69 Å². The predicted molar refractivity (Wildman–Crippen MR) is 107 cm³/mol. The average Bonchev–Trinajstić information content (AvgIpc) is 3.20. The number of likely N-dealkylation sites (tertiary alicyclic amines) is 1. The summed E-state index contributed by atoms with van der Waals surface area (Å²) >= 11 is 0. The van der Waals surface area contributed by atoms with Gasteiger partial charge in [-0.15, -0.1) is 0 Å². The van der Waals surface area contributed by atoms with Gasteiger partial charge in [-0.25, -0.2) is 4.98 Å². The topological polar surface area (TPSA) is 72.8 Å². The second-order valence-electron chi connectivity index (χ2n) is 7.62. The van der Waals surface area contributed by atoms with Crippen molar-refractivity contribution < 1.29 is 9.21 Å². The largest absolute Gasteiger partial charge is 0.466 e. The number of aromatic nitrogens is 3. The number of amides is 1. The van der Waals surface area contributed by atoms with Crippen molar-refractivity contribution in [3.63, 3.8) is 0 Å². The maximum absolute atomic E-state index is 13.0. The smallest absolute Gasteiger partial charge is 0.294 e. The minimum absolute atomic E-state index is 0.0930. The van der Waals surface area contributed by atoms with Gasteiger partial charge in [-0.3, -0.25) is 14.0 Å². The number of carbonyl (C=O) groups excluding carboxylic acids is 1. The van der Waals surface area contributed by atoms with Crippen LogP contribution in [0.2, 0.25) is 0 Å². The van der Waals surface area contributed by atoms with Gasteiger partial charge in [0.1, 0.15) is 17.2 Å². The van der Waals surface area contributed by atoms with Gasteiger partial charge in [-0.1, -0.05) is 19.3 Å². The summed E-state index contributed by atoms with van der Waals surface area (Å²) in [7, 11) is 1.72. The Morgan fingerprint density at radius 1 is 1.07 bits per heavy atom. The molecule has 0 aliphatic carbocycles. The maximum Gasteiger partial charge on any atom is 0.294 e. The highest BCUT2D eigenvalue weighted by molar-refractivity contribution is 5.93. The lowest BCUT2D eigenvalue weighted by Crippen LogP contribution is -2.34. The first-order chi connectivity index (χ1) is 13.5. The fourth-order valence-electron chi connectivity index (χ4n) is 3.98. The van der Waals surface area contributed by atoms with E-state index in [1.165, 1.54) is 6.42 Å². The van der Waals surface area contributed by atoms with Crippen molar-refractivity contribution in [2.24, 2.45) is 7.05 Å². The molecule has 0 radical (unpaired) electrons. The number of aryl methyl sites for hydroxylation is 2. The second kappa shape index (κ2) is 7.30. The van der Waals surface area contributed by atoms with Gasteiger partial charge >= 0.3 is 0 Å². The lowest BCUT2D eigenvalue weighted by atomic mass is 10.1. The Hall–Kier alpha value is -2.83. The summed E-state index contributed by atoms with van der Waals surface area (Å²) < 4.78 is 8.84. The molecule has 4 rings (SSSR count). The molecule has 7 nitrogen and oxygen atoms in total. The molecule has 0 N–H and O–H groups in total. The van der Waals surface area contributed by atoms with Crippen molar-refractivity contribution in [1.82, 2.24) is 18.9 Å². The Morgan fingerprint density at radius 3 is 2.39 bits per heavy atom. The summed E-state index contributed by atoms with van der Waals surface area (Å²) in [6, 6.07) is 1.92. The van der Waals surface area contributed by atoms with Crippen LogP contribution in [0.15, 0.2) is 27.7 Å². The lowest BCUT2D eigenvalue weighted by Gasteiger charge is -2.23. The van der Waals surface area contributed by atoms with Gasteiger partial charge in [-0.05, 0) is 32.8 Å². The molecule has 148 valence electrons. The van der Waals surface area contributed by atoms with Crippen LogP contribution in [0.1, 0.15) is 54.1 Å². The molecule has 3 aromatic heterocycles. The quantitative estimate of drug-likeness (QED) is 0.682. The number of carbonyl (C=O) groups is 1. The van der Waals surface area contributed by atoms with Crippen molar-refractivity contribution in [3.8, 4) is 11.3 Å². The van der Waals surface area contributed by atoms with Gasteiger partial charge < -0.3 is 13.9 Å². The molecule has 4 heterocycles. The minimum atomic E-state index is -0.234. The molecule has 0 saturated carbocycles. The number of rotatable bonds is 2. The van der Waals surface area contributed by atoms with E-state index in [2.05, 4.69) is 4.98 Å². The third-order valence-electron chi connectivity index (χ3n) is 5.53. The highest BCUT2D eigenvalue weighted by Crippen LogP contribution is 2.25. The van der Waals surface area contributed by atoms with Gasteiger partial charge in [0.2, 0.25) is 5.65 Å². The van der Waals surface area contributed by atoms with E-state index >= 15 is 0 Å². The summed E-state index contributed by atoms with van der Waals surface area (Å²) in [4.78, 5) is 32.1. The fraction of sp³-hybridized carbons (Fsp3) is 0.476. The van der Waals surface area contributed by atoms with Crippen LogP contribution in [0.4, 0.5) is 0 Å². The Labute approximate surface area is 163 Å². The van der Waals surface area contributed by atoms with E-state index in [1.807, 2.05) is 31.0 Å². The molecule has 1 aliphatic rings. The van der Waals surface area contributed by atoms with Crippen molar-refractivity contribution in [2.45, 2.75) is 46.0 Å². The van der Waals surface area contributed by atoms with Crippen LogP contribution >= 0.6 is 0 Å². The maximum atomic E-state index is 13.0. The van der Waals surface area contributed by atoms with Gasteiger partial charge in [0.25, 0.3) is 11.5 Å². The van der Waals surface area contributed by atoms with Crippen molar-refractivity contribution in [3.05, 3.63) is 46.0 Å². The van der Waals surface area contributed by atoms with Crippen LogP contribution in [-0.2, 0) is 7.05 Å². The fourth-order valence-corrected chi connectivity index (χ4v) is 3.98. The molecular formula is C21H26N4O3. The molecule has 0 aromatic carbocycles. The van der Waals surface area contributed by atoms with Crippen molar-refractivity contribution in [1.29, 1.82) is 0 Å². The number of fused-ring (bicyclic) bond motifs is 1. The van der Waals surface area contributed by atoms with E-state index in [1.54, 1.807) is 22.2 Å². The minimum Gasteiger partial charge on any atom is -0.466 e. The zero-order valence-corrected chi connectivity index (χ0v) is 16.7. The summed E-state index contributed by atoms with van der Waals surface area (Å²) in [5.74, 6) is 1.45. The van der Waals surface area contributed by atoms with Crippen LogP contribution in [0, 0.1) is 13.8 Å². The van der Waals surface area contributed by atoms with Gasteiger partial charge in [0, 0.05) is 38.1 Å². The summed E-state index contributed by atoms with van der Waals surface area (Å²) in [6.45, 7) is 5.26. The normalized spacial score (nSPS) is 15.6. The molecule has 0 bridgehead atoms. The predicted octanol–water partition coefficient (Wildman–Crippen LogP) is 3.32. The van der Waals surface area contributed by atoms with E-state index in [4.69, 9.17) is 4.42 Å². The Bertz CT molecular complexity index is 1080. The van der Waals surface area contributed by atoms with E-state index in [9.17, 15) is 9.59 Å². The van der Waals surface area contributed by atoms with Crippen LogP contribution in [-0.4, -0.2) is 37.8 Å². The molecule has 3 aromatic rings. The molecule has 0 atom stereocenters. The molecule has 1 amide bonds. The molecule has 1 aliphatic heterocycles. The van der Waals surface area contributed by atoms with Crippen LogP contribution in [0.3, 0.4) is 0 Å². The molecule has 1 saturated heterocycles. The van der Waals surface area contributed by atoms with Crippen LogP contribution in [0.25, 0.3) is 16.9 Å². The standard InChI is InChI=1S/C21H26N4O3/c1-14-11-16(15(2)28-14)18-13-25-12-17(22-19(25)21(27)23(18)3)20(26)24-9-7-5-4-6-8-10-24/h11-13H,4-10H2,1-3H3. The first-order valence-corrected chi connectivity index (χ1v) is 9.91. The highest BCUT2D eigenvalue weighted by atomic mass is 16.3.